The molecule has 2 nitrogen and oxygen atoms in total. The van der Waals surface area contributed by atoms with Gasteiger partial charge >= 0.3 is 0 Å². The van der Waals surface area contributed by atoms with Crippen molar-refractivity contribution < 1.29 is 0 Å². The molecule has 2 rings (SSSR count). The molecular weight excluding hydrogens is 275 g/mol. The van der Waals surface area contributed by atoms with E-state index in [9.17, 15) is 0 Å². The largest absolute Gasteiger partial charge is 0.214 e. The zero-order chi connectivity index (χ0) is 15.0. The first kappa shape index (κ1) is 15.7. The predicted octanol–water partition coefficient (Wildman–Crippen LogP) is 3.04. The van der Waals surface area contributed by atoms with Crippen molar-refractivity contribution in [3.63, 3.8) is 0 Å². The summed E-state index contributed by atoms with van der Waals surface area (Å²) in [6, 6.07) is 21.1. The minimum absolute atomic E-state index is 0.752. The molecule has 0 aliphatic rings. The molecule has 0 heterocycles. The molecule has 3 heteroatoms. The maximum atomic E-state index is 3.84. The van der Waals surface area contributed by atoms with Crippen LogP contribution in [0.2, 0.25) is 0 Å². The van der Waals surface area contributed by atoms with E-state index in [1.54, 1.807) is 0 Å². The number of nitrogens with one attached hydrogen (secondary N) is 2. The van der Waals surface area contributed by atoms with Gasteiger partial charge in [-0.1, -0.05) is 48.6 Å². The van der Waals surface area contributed by atoms with E-state index in [4.69, 9.17) is 0 Å². The van der Waals surface area contributed by atoms with Gasteiger partial charge < -0.3 is 0 Å². The summed E-state index contributed by atoms with van der Waals surface area (Å²) < 4.78 is 0. The molecule has 0 atom stereocenters. The van der Waals surface area contributed by atoms with Crippen molar-refractivity contribution in [1.82, 2.24) is 10.2 Å². The zero-order valence-corrected chi connectivity index (χ0v) is 13.1. The van der Waals surface area contributed by atoms with Crippen LogP contribution < -0.4 is 20.8 Å². The van der Waals surface area contributed by atoms with Gasteiger partial charge in [-0.25, -0.2) is 0 Å². The quantitative estimate of drug-likeness (QED) is 0.578. The van der Waals surface area contributed by atoms with Crippen molar-refractivity contribution >= 4 is 18.2 Å². The number of rotatable bonds is 8. The van der Waals surface area contributed by atoms with Gasteiger partial charge in [0.2, 0.25) is 7.56 Å². The van der Waals surface area contributed by atoms with Crippen molar-refractivity contribution in [2.75, 3.05) is 13.1 Å². The van der Waals surface area contributed by atoms with Gasteiger partial charge in [-0.15, -0.1) is 13.2 Å². The van der Waals surface area contributed by atoms with E-state index in [-0.39, 0.29) is 0 Å². The maximum absolute atomic E-state index is 3.84. The Hall–Kier alpha value is -1.73. The summed E-state index contributed by atoms with van der Waals surface area (Å²) in [6.45, 7) is 9.18. The first-order valence-electron chi connectivity index (χ1n) is 7.06. The topological polar surface area (TPSA) is 24.1 Å². The first-order valence-corrected chi connectivity index (χ1v) is 8.84. The molecule has 0 saturated carbocycles. The van der Waals surface area contributed by atoms with Crippen LogP contribution in [0.3, 0.4) is 0 Å². The second-order valence-corrected chi connectivity index (χ2v) is 7.65. The predicted molar refractivity (Wildman–Crippen MR) is 95.5 cm³/mol. The average molecular weight is 297 g/mol. The summed E-state index contributed by atoms with van der Waals surface area (Å²) in [5, 5.41) is 9.92. The minimum atomic E-state index is -1.88. The van der Waals surface area contributed by atoms with Crippen LogP contribution in [-0.4, -0.2) is 13.1 Å². The van der Waals surface area contributed by atoms with Crippen LogP contribution in [0.4, 0.5) is 0 Å². The fraction of sp³-hybridized carbons (Fsp3) is 0.111. The highest BCUT2D eigenvalue weighted by molar-refractivity contribution is 7.86. The molecule has 0 radical (unpaired) electrons. The zero-order valence-electron chi connectivity index (χ0n) is 12.2. The summed E-state index contributed by atoms with van der Waals surface area (Å²) in [6.07, 6.45) is 3.80. The van der Waals surface area contributed by atoms with Crippen molar-refractivity contribution in [3.8, 4) is 0 Å². The summed E-state index contributed by atoms with van der Waals surface area (Å²) in [7, 11) is -1.88. The normalized spacial score (nSPS) is 11.0. The SMILES string of the molecule is C=CCN[P+](NCC=C)(c1ccccc1)c1ccccc1. The second-order valence-electron chi connectivity index (χ2n) is 4.64. The van der Waals surface area contributed by atoms with Gasteiger partial charge in [0.25, 0.3) is 0 Å². The Kier molecular flexibility index (Phi) is 5.89. The van der Waals surface area contributed by atoms with E-state index in [0.717, 1.165) is 13.1 Å². The number of hydrogen-bond acceptors (Lipinski definition) is 2. The fourth-order valence-corrected chi connectivity index (χ4v) is 5.46. The second kappa shape index (κ2) is 7.90. The molecule has 0 fully saturated rings. The van der Waals surface area contributed by atoms with Gasteiger partial charge in [-0.3, -0.25) is 0 Å². The third kappa shape index (κ3) is 3.68. The highest BCUT2D eigenvalue weighted by atomic mass is 31.2. The molecular formula is C18H22N2P+. The summed E-state index contributed by atoms with van der Waals surface area (Å²) in [4.78, 5) is 0. The molecule has 2 aromatic carbocycles. The average Bonchev–Trinajstić information content (AvgIpc) is 2.57. The molecule has 0 amide bonds. The standard InChI is InChI=1S/C18H22N2P/c1-3-15-19-21(20-16-4-2,17-11-7-5-8-12-17)18-13-9-6-10-14-18/h3-14,19-20H,1-2,15-16H2/q+1. The van der Waals surface area contributed by atoms with Gasteiger partial charge in [-0.05, 0) is 24.3 Å². The third-order valence-electron chi connectivity index (χ3n) is 3.23. The third-order valence-corrected chi connectivity index (χ3v) is 6.69. The van der Waals surface area contributed by atoms with Gasteiger partial charge in [0.15, 0.2) is 0 Å². The van der Waals surface area contributed by atoms with Gasteiger partial charge in [0.05, 0.1) is 13.1 Å². The highest BCUT2D eigenvalue weighted by Crippen LogP contribution is 2.47. The fourth-order valence-electron chi connectivity index (χ4n) is 2.28. The lowest BCUT2D eigenvalue weighted by Crippen LogP contribution is -2.42. The lowest BCUT2D eigenvalue weighted by molar-refractivity contribution is 1.01. The van der Waals surface area contributed by atoms with Gasteiger partial charge in [0.1, 0.15) is 10.6 Å². The van der Waals surface area contributed by atoms with Crippen LogP contribution in [0, 0.1) is 0 Å². The van der Waals surface area contributed by atoms with Gasteiger partial charge in [-0.2, -0.15) is 10.2 Å². The van der Waals surface area contributed by atoms with Crippen molar-refractivity contribution in [3.05, 3.63) is 86.0 Å². The van der Waals surface area contributed by atoms with Crippen LogP contribution in [0.15, 0.2) is 86.0 Å². The van der Waals surface area contributed by atoms with Crippen molar-refractivity contribution in [1.29, 1.82) is 0 Å². The number of benzene rings is 2. The molecule has 21 heavy (non-hydrogen) atoms. The Morgan fingerprint density at radius 1 is 0.714 bits per heavy atom. The Bertz CT molecular complexity index is 513. The van der Waals surface area contributed by atoms with Gasteiger partial charge in [0, 0.05) is 0 Å². The smallest absolute Gasteiger partial charge is 0.164 e. The van der Waals surface area contributed by atoms with Crippen LogP contribution in [0.5, 0.6) is 0 Å². The Balaban J connectivity index is 2.52. The monoisotopic (exact) mass is 297 g/mol. The molecule has 0 aliphatic carbocycles. The van der Waals surface area contributed by atoms with E-state index >= 15 is 0 Å². The van der Waals surface area contributed by atoms with Crippen LogP contribution in [0.1, 0.15) is 0 Å². The van der Waals surface area contributed by atoms with E-state index in [1.165, 1.54) is 10.6 Å². The lowest BCUT2D eigenvalue weighted by Gasteiger charge is -2.27. The Morgan fingerprint density at radius 3 is 1.43 bits per heavy atom. The van der Waals surface area contributed by atoms with E-state index in [0.29, 0.717) is 0 Å². The maximum Gasteiger partial charge on any atom is 0.214 e. The Labute approximate surface area is 128 Å². The first-order chi connectivity index (χ1) is 10.3. The summed E-state index contributed by atoms with van der Waals surface area (Å²) in [5.41, 5.74) is 0. The van der Waals surface area contributed by atoms with E-state index < -0.39 is 7.56 Å². The molecule has 0 saturated heterocycles. The van der Waals surface area contributed by atoms with E-state index in [2.05, 4.69) is 71.9 Å². The lowest BCUT2D eigenvalue weighted by atomic mass is 10.4. The summed E-state index contributed by atoms with van der Waals surface area (Å²) in [5.74, 6) is 0. The summed E-state index contributed by atoms with van der Waals surface area (Å²) >= 11 is 0. The van der Waals surface area contributed by atoms with Crippen LogP contribution >= 0.6 is 7.56 Å². The molecule has 0 spiro atoms. The van der Waals surface area contributed by atoms with Crippen molar-refractivity contribution in [2.45, 2.75) is 0 Å². The molecule has 2 aromatic rings. The minimum Gasteiger partial charge on any atom is -0.164 e. The van der Waals surface area contributed by atoms with Crippen LogP contribution in [0.25, 0.3) is 0 Å². The molecule has 0 bridgehead atoms. The Morgan fingerprint density at radius 2 is 1.10 bits per heavy atom. The highest BCUT2D eigenvalue weighted by Gasteiger charge is 2.42. The van der Waals surface area contributed by atoms with E-state index in [1.807, 2.05) is 24.3 Å². The molecule has 0 aliphatic heterocycles. The molecule has 0 unspecified atom stereocenters. The van der Waals surface area contributed by atoms with Crippen LogP contribution in [-0.2, 0) is 0 Å². The number of hydrogen-bond donors (Lipinski definition) is 2. The van der Waals surface area contributed by atoms with Crippen molar-refractivity contribution in [2.24, 2.45) is 0 Å². The molecule has 0 aromatic heterocycles. The molecule has 108 valence electrons. The molecule has 2 N–H and O–H groups in total.